The highest BCUT2D eigenvalue weighted by molar-refractivity contribution is 6.29. The summed E-state index contributed by atoms with van der Waals surface area (Å²) in [5.74, 6) is 0.636. The smallest absolute Gasteiger partial charge is 0.235 e. The SMILES string of the molecule is c1ccc(-c2cc(-c3ccccc3)c3c(c2)-c2cc(-c4ccccc4)cc(-c4cccc(-n5c6ccccc6c6c7c8ccccc8n(-c8nc(-c9ccccc9)cc(-c9ccccc9)n8)c7ccc65)c4)c2C3)cc1. The van der Waals surface area contributed by atoms with Gasteiger partial charge < -0.3 is 4.57 Å². The molecule has 0 unspecified atom stereocenters. The molecule has 0 fully saturated rings. The summed E-state index contributed by atoms with van der Waals surface area (Å²) >= 11 is 0. The fraction of sp³-hybridized carbons (Fsp3) is 0.0141. The lowest BCUT2D eigenvalue weighted by Crippen LogP contribution is -2.04. The van der Waals surface area contributed by atoms with Crippen molar-refractivity contribution in [3.63, 3.8) is 0 Å². The lowest BCUT2D eigenvalue weighted by molar-refractivity contribution is 0.996. The van der Waals surface area contributed by atoms with Gasteiger partial charge in [-0.25, -0.2) is 9.97 Å². The van der Waals surface area contributed by atoms with E-state index in [1.807, 2.05) is 12.1 Å². The lowest BCUT2D eigenvalue weighted by atomic mass is 9.90. The number of para-hydroxylation sites is 2. The molecule has 0 saturated carbocycles. The van der Waals surface area contributed by atoms with E-state index in [2.05, 4.69) is 264 Å². The Morgan fingerprint density at radius 1 is 0.267 bits per heavy atom. The first-order valence-electron chi connectivity index (χ1n) is 25.8. The first kappa shape index (κ1) is 42.8. The number of aromatic nitrogens is 4. The van der Waals surface area contributed by atoms with Crippen molar-refractivity contribution in [2.24, 2.45) is 0 Å². The molecule has 75 heavy (non-hydrogen) atoms. The summed E-state index contributed by atoms with van der Waals surface area (Å²) in [5, 5.41) is 4.73. The summed E-state index contributed by atoms with van der Waals surface area (Å²) in [4.78, 5) is 10.7. The average Bonchev–Trinajstić information content (AvgIpc) is 4.25. The van der Waals surface area contributed by atoms with E-state index in [1.165, 1.54) is 82.9 Å². The number of fused-ring (bicyclic) bond motifs is 10. The number of hydrogen-bond donors (Lipinski definition) is 0. The van der Waals surface area contributed by atoms with E-state index >= 15 is 0 Å². The summed E-state index contributed by atoms with van der Waals surface area (Å²) in [5.41, 5.74) is 24.5. The fourth-order valence-corrected chi connectivity index (χ4v) is 12.0. The number of hydrogen-bond acceptors (Lipinski definition) is 2. The second kappa shape index (κ2) is 17.4. The summed E-state index contributed by atoms with van der Waals surface area (Å²) in [6, 6.07) is 96.7. The third-order valence-electron chi connectivity index (χ3n) is 15.4. The quantitative estimate of drug-likeness (QED) is 0.152. The topological polar surface area (TPSA) is 35.6 Å². The lowest BCUT2D eigenvalue weighted by Gasteiger charge is -2.15. The second-order valence-corrected chi connectivity index (χ2v) is 19.7. The number of benzene rings is 11. The highest BCUT2D eigenvalue weighted by Crippen LogP contribution is 2.50. The summed E-state index contributed by atoms with van der Waals surface area (Å²) in [7, 11) is 0. The molecular weight excluding hydrogens is 909 g/mol. The maximum absolute atomic E-state index is 5.35. The molecule has 0 N–H and O–H groups in total. The van der Waals surface area contributed by atoms with Gasteiger partial charge in [-0.2, -0.15) is 0 Å². The predicted molar refractivity (Wildman–Crippen MR) is 312 cm³/mol. The van der Waals surface area contributed by atoms with Gasteiger partial charge in [0.15, 0.2) is 0 Å². The summed E-state index contributed by atoms with van der Waals surface area (Å²) in [6.45, 7) is 0. The van der Waals surface area contributed by atoms with Crippen LogP contribution in [-0.4, -0.2) is 19.1 Å². The minimum atomic E-state index is 0.636. The first-order valence-corrected chi connectivity index (χ1v) is 25.8. The Labute approximate surface area is 434 Å². The van der Waals surface area contributed by atoms with Crippen LogP contribution in [0.2, 0.25) is 0 Å². The van der Waals surface area contributed by atoms with E-state index in [9.17, 15) is 0 Å². The van der Waals surface area contributed by atoms with E-state index in [-0.39, 0.29) is 0 Å². The molecule has 3 heterocycles. The van der Waals surface area contributed by atoms with Gasteiger partial charge in [0.05, 0.1) is 33.5 Å². The van der Waals surface area contributed by atoms with Crippen LogP contribution >= 0.6 is 0 Å². The van der Waals surface area contributed by atoms with Gasteiger partial charge in [-0.1, -0.05) is 200 Å². The molecule has 0 spiro atoms. The first-order chi connectivity index (χ1) is 37.2. The molecule has 0 amide bonds. The van der Waals surface area contributed by atoms with E-state index in [4.69, 9.17) is 9.97 Å². The van der Waals surface area contributed by atoms with Crippen LogP contribution in [0.5, 0.6) is 0 Å². The Hall–Kier alpha value is -9.90. The predicted octanol–water partition coefficient (Wildman–Crippen LogP) is 18.2. The molecule has 3 aromatic heterocycles. The third-order valence-corrected chi connectivity index (χ3v) is 15.4. The summed E-state index contributed by atoms with van der Waals surface area (Å²) in [6.07, 6.45) is 0.834. The van der Waals surface area contributed by atoms with Crippen LogP contribution in [0.1, 0.15) is 11.1 Å². The zero-order valence-electron chi connectivity index (χ0n) is 40.9. The molecule has 14 aromatic rings. The Balaban J connectivity index is 0.939. The van der Waals surface area contributed by atoms with Gasteiger partial charge in [0.1, 0.15) is 0 Å². The molecule has 15 rings (SSSR count). The number of nitrogens with zero attached hydrogens (tertiary/aromatic N) is 4. The second-order valence-electron chi connectivity index (χ2n) is 19.7. The van der Waals surface area contributed by atoms with E-state index in [0.29, 0.717) is 5.95 Å². The standard InChI is InChI=1S/C71H46N4/c1-6-21-46(22-7-1)52-40-57(48-25-10-3-11-26-48)61-44-62-58(41-53(43-60(62)59(61)42-52)47-23-8-2-9-24-47)51-31-20-32-54(39-51)74-65-35-18-16-33-55(65)69-67(74)37-38-68-70(69)56-34-17-19-36-66(56)75(68)71-72-63(49-27-12-4-13-28-49)45-64(73-71)50-29-14-5-15-30-50/h1-43,45H,44H2. The van der Waals surface area contributed by atoms with Crippen LogP contribution in [0, 0.1) is 0 Å². The minimum Gasteiger partial charge on any atom is -0.309 e. The van der Waals surface area contributed by atoms with Crippen molar-refractivity contribution in [2.45, 2.75) is 6.42 Å². The van der Waals surface area contributed by atoms with E-state index in [1.54, 1.807) is 0 Å². The number of rotatable bonds is 8. The molecule has 350 valence electrons. The molecule has 11 aromatic carbocycles. The van der Waals surface area contributed by atoms with Gasteiger partial charge >= 0.3 is 0 Å². The van der Waals surface area contributed by atoms with Crippen molar-refractivity contribution in [3.8, 4) is 89.8 Å². The maximum atomic E-state index is 5.35. The van der Waals surface area contributed by atoms with Crippen molar-refractivity contribution in [2.75, 3.05) is 0 Å². The zero-order valence-corrected chi connectivity index (χ0v) is 40.9. The van der Waals surface area contributed by atoms with E-state index < -0.39 is 0 Å². The normalized spacial score (nSPS) is 11.9. The highest BCUT2D eigenvalue weighted by Gasteiger charge is 2.28. The Morgan fingerprint density at radius 2 is 0.667 bits per heavy atom. The van der Waals surface area contributed by atoms with Gasteiger partial charge in [0.2, 0.25) is 5.95 Å². The molecule has 1 aliphatic carbocycles. The monoisotopic (exact) mass is 954 g/mol. The molecular formula is C71H46N4. The molecule has 4 nitrogen and oxygen atoms in total. The minimum absolute atomic E-state index is 0.636. The van der Waals surface area contributed by atoms with Crippen LogP contribution < -0.4 is 0 Å². The molecule has 0 saturated heterocycles. The van der Waals surface area contributed by atoms with Crippen molar-refractivity contribution in [3.05, 3.63) is 278 Å². The van der Waals surface area contributed by atoms with Gasteiger partial charge in [0, 0.05) is 38.4 Å². The largest absolute Gasteiger partial charge is 0.309 e. The van der Waals surface area contributed by atoms with Gasteiger partial charge in [0.25, 0.3) is 0 Å². The molecule has 1 aliphatic rings. The van der Waals surface area contributed by atoms with Gasteiger partial charge in [-0.15, -0.1) is 0 Å². The van der Waals surface area contributed by atoms with Crippen LogP contribution in [0.3, 0.4) is 0 Å². The Bertz CT molecular complexity index is 4460. The Morgan fingerprint density at radius 3 is 1.19 bits per heavy atom. The highest BCUT2D eigenvalue weighted by atomic mass is 15.2. The van der Waals surface area contributed by atoms with Crippen LogP contribution in [-0.2, 0) is 6.42 Å². The van der Waals surface area contributed by atoms with Crippen molar-refractivity contribution in [1.29, 1.82) is 0 Å². The molecule has 0 aliphatic heterocycles. The average molecular weight is 955 g/mol. The molecule has 0 bridgehead atoms. The van der Waals surface area contributed by atoms with Gasteiger partial charge in [-0.3, -0.25) is 4.57 Å². The Kier molecular flexibility index (Phi) is 9.92. The molecule has 4 heteroatoms. The van der Waals surface area contributed by atoms with Crippen LogP contribution in [0.25, 0.3) is 133 Å². The van der Waals surface area contributed by atoms with Crippen LogP contribution in [0.15, 0.2) is 267 Å². The van der Waals surface area contributed by atoms with Crippen molar-refractivity contribution in [1.82, 2.24) is 19.1 Å². The zero-order chi connectivity index (χ0) is 49.4. The third kappa shape index (κ3) is 7.06. The summed E-state index contributed by atoms with van der Waals surface area (Å²) < 4.78 is 4.73. The fourth-order valence-electron chi connectivity index (χ4n) is 12.0. The molecule has 0 atom stereocenters. The van der Waals surface area contributed by atoms with Gasteiger partial charge in [-0.05, 0) is 140 Å². The van der Waals surface area contributed by atoms with Crippen molar-refractivity contribution < 1.29 is 0 Å². The van der Waals surface area contributed by atoms with Crippen LogP contribution in [0.4, 0.5) is 0 Å². The van der Waals surface area contributed by atoms with Crippen molar-refractivity contribution >= 4 is 43.6 Å². The van der Waals surface area contributed by atoms with E-state index in [0.717, 1.165) is 62.1 Å². The molecule has 0 radical (unpaired) electrons. The maximum Gasteiger partial charge on any atom is 0.235 e.